The van der Waals surface area contributed by atoms with Gasteiger partial charge in [-0.05, 0) is 32.5 Å². The van der Waals surface area contributed by atoms with Crippen LogP contribution in [0.2, 0.25) is 0 Å². The van der Waals surface area contributed by atoms with Crippen LogP contribution in [0.1, 0.15) is 12.8 Å². The number of hydrogen-bond donors (Lipinski definition) is 1. The van der Waals surface area contributed by atoms with Gasteiger partial charge in [0.1, 0.15) is 0 Å². The number of nitrogens with zero attached hydrogens (tertiary/aromatic N) is 2. The van der Waals surface area contributed by atoms with E-state index in [0.29, 0.717) is 0 Å². The standard InChI is InChI=1S/C11H18FN3/c1-15-6-2-5-11(13,8-15)10-4-3-9(12)7-14-10/h3-4,7,9-10H,2,5-6,8,13H2,1H3. The van der Waals surface area contributed by atoms with Crippen LogP contribution in [-0.4, -0.2) is 49.0 Å². The fourth-order valence-electron chi connectivity index (χ4n) is 2.41. The maximum Gasteiger partial charge on any atom is 0.153 e. The molecular formula is C11H18FN3. The van der Waals surface area contributed by atoms with Crippen molar-refractivity contribution >= 4 is 6.21 Å². The molecule has 2 rings (SSSR count). The van der Waals surface area contributed by atoms with E-state index in [2.05, 4.69) is 16.9 Å². The second-order valence-corrected chi connectivity index (χ2v) is 4.65. The minimum absolute atomic E-state index is 0.0627. The van der Waals surface area contributed by atoms with E-state index in [9.17, 15) is 4.39 Å². The van der Waals surface area contributed by atoms with E-state index in [1.165, 1.54) is 6.21 Å². The van der Waals surface area contributed by atoms with Crippen molar-refractivity contribution in [2.24, 2.45) is 10.7 Å². The van der Waals surface area contributed by atoms with Crippen LogP contribution in [-0.2, 0) is 0 Å². The monoisotopic (exact) mass is 211 g/mol. The van der Waals surface area contributed by atoms with Crippen molar-refractivity contribution in [3.63, 3.8) is 0 Å². The van der Waals surface area contributed by atoms with Crippen molar-refractivity contribution in [3.05, 3.63) is 12.2 Å². The topological polar surface area (TPSA) is 41.6 Å². The fourth-order valence-corrected chi connectivity index (χ4v) is 2.41. The highest BCUT2D eigenvalue weighted by atomic mass is 19.1. The summed E-state index contributed by atoms with van der Waals surface area (Å²) in [6.07, 6.45) is 5.72. The molecule has 1 saturated heterocycles. The van der Waals surface area contributed by atoms with Crippen molar-refractivity contribution in [1.29, 1.82) is 0 Å². The number of aliphatic imine (C=N–C) groups is 1. The summed E-state index contributed by atoms with van der Waals surface area (Å²) in [5.41, 5.74) is 6.02. The van der Waals surface area contributed by atoms with Crippen molar-refractivity contribution in [3.8, 4) is 0 Å². The van der Waals surface area contributed by atoms with Crippen LogP contribution in [0.15, 0.2) is 17.1 Å². The lowest BCUT2D eigenvalue weighted by molar-refractivity contribution is 0.167. The lowest BCUT2D eigenvalue weighted by Gasteiger charge is -2.41. The second-order valence-electron chi connectivity index (χ2n) is 4.65. The molecule has 3 atom stereocenters. The molecule has 3 unspecified atom stereocenters. The lowest BCUT2D eigenvalue weighted by Crippen LogP contribution is -2.59. The molecule has 0 aromatic carbocycles. The molecule has 1 fully saturated rings. The third kappa shape index (κ3) is 2.26. The Hall–Kier alpha value is -0.740. The zero-order valence-electron chi connectivity index (χ0n) is 9.06. The van der Waals surface area contributed by atoms with Crippen LogP contribution >= 0.6 is 0 Å². The molecule has 0 aromatic heterocycles. The number of piperidine rings is 1. The first-order chi connectivity index (χ1) is 7.10. The molecule has 4 heteroatoms. The number of halogens is 1. The number of dihydropyridines is 1. The number of nitrogens with two attached hydrogens (primary N) is 1. The second kappa shape index (κ2) is 4.02. The summed E-state index contributed by atoms with van der Waals surface area (Å²) in [5.74, 6) is 0. The third-order valence-corrected chi connectivity index (χ3v) is 3.20. The van der Waals surface area contributed by atoms with Gasteiger partial charge in [-0.3, -0.25) is 4.99 Å². The Labute approximate surface area is 89.8 Å². The first kappa shape index (κ1) is 10.8. The minimum Gasteiger partial charge on any atom is -0.322 e. The average Bonchev–Trinajstić information content (AvgIpc) is 2.18. The lowest BCUT2D eigenvalue weighted by atomic mass is 9.82. The number of rotatable bonds is 1. The highest BCUT2D eigenvalue weighted by Gasteiger charge is 2.37. The van der Waals surface area contributed by atoms with Gasteiger partial charge in [0.25, 0.3) is 0 Å². The maximum atomic E-state index is 12.8. The van der Waals surface area contributed by atoms with E-state index < -0.39 is 6.17 Å². The molecule has 2 aliphatic heterocycles. The number of hydrogen-bond acceptors (Lipinski definition) is 3. The third-order valence-electron chi connectivity index (χ3n) is 3.20. The Morgan fingerprint density at radius 3 is 2.93 bits per heavy atom. The molecule has 0 spiro atoms. The molecule has 2 aliphatic rings. The normalized spacial score (nSPS) is 42.1. The Kier molecular flexibility index (Phi) is 2.89. The molecule has 2 N–H and O–H groups in total. The van der Waals surface area contributed by atoms with Crippen LogP contribution in [0, 0.1) is 0 Å². The summed E-state index contributed by atoms with van der Waals surface area (Å²) in [6, 6.07) is -0.0627. The molecule has 15 heavy (non-hydrogen) atoms. The fraction of sp³-hybridized carbons (Fsp3) is 0.727. The van der Waals surface area contributed by atoms with Crippen molar-refractivity contribution in [2.75, 3.05) is 20.1 Å². The number of allylic oxidation sites excluding steroid dienone is 1. The van der Waals surface area contributed by atoms with Gasteiger partial charge in [0.05, 0.1) is 11.6 Å². The smallest absolute Gasteiger partial charge is 0.153 e. The molecule has 0 aliphatic carbocycles. The summed E-state index contributed by atoms with van der Waals surface area (Å²) < 4.78 is 12.8. The van der Waals surface area contributed by atoms with Gasteiger partial charge in [0, 0.05) is 12.8 Å². The van der Waals surface area contributed by atoms with E-state index in [1.807, 2.05) is 6.08 Å². The minimum atomic E-state index is -1.04. The predicted molar refractivity (Wildman–Crippen MR) is 60.0 cm³/mol. The first-order valence-corrected chi connectivity index (χ1v) is 5.43. The van der Waals surface area contributed by atoms with E-state index in [4.69, 9.17) is 5.73 Å². The van der Waals surface area contributed by atoms with E-state index in [0.717, 1.165) is 25.9 Å². The summed E-state index contributed by atoms with van der Waals surface area (Å²) in [6.45, 7) is 1.92. The first-order valence-electron chi connectivity index (χ1n) is 5.43. The molecule has 0 saturated carbocycles. The average molecular weight is 211 g/mol. The molecule has 0 bridgehead atoms. The zero-order chi connectivity index (χ0) is 10.9. The van der Waals surface area contributed by atoms with Gasteiger partial charge >= 0.3 is 0 Å². The molecular weight excluding hydrogens is 193 g/mol. The van der Waals surface area contributed by atoms with Crippen molar-refractivity contribution in [2.45, 2.75) is 30.6 Å². The Morgan fingerprint density at radius 2 is 2.33 bits per heavy atom. The predicted octanol–water partition coefficient (Wildman–Crippen LogP) is 0.757. The number of likely N-dealkylation sites (N-methyl/N-ethyl adjacent to an activating group) is 1. The number of likely N-dealkylation sites (tertiary alicyclic amines) is 1. The van der Waals surface area contributed by atoms with E-state index >= 15 is 0 Å². The van der Waals surface area contributed by atoms with Crippen LogP contribution in [0.25, 0.3) is 0 Å². The van der Waals surface area contributed by atoms with Gasteiger partial charge in [0.15, 0.2) is 6.17 Å². The summed E-state index contributed by atoms with van der Waals surface area (Å²) in [4.78, 5) is 6.42. The highest BCUT2D eigenvalue weighted by Crippen LogP contribution is 2.25. The zero-order valence-corrected chi connectivity index (χ0v) is 9.06. The van der Waals surface area contributed by atoms with Gasteiger partial charge in [-0.2, -0.15) is 0 Å². The van der Waals surface area contributed by atoms with Gasteiger partial charge in [-0.15, -0.1) is 0 Å². The van der Waals surface area contributed by atoms with Gasteiger partial charge in [-0.1, -0.05) is 6.08 Å². The van der Waals surface area contributed by atoms with Crippen LogP contribution in [0.3, 0.4) is 0 Å². The summed E-state index contributed by atoms with van der Waals surface area (Å²) in [7, 11) is 2.06. The molecule has 0 aromatic rings. The molecule has 3 nitrogen and oxygen atoms in total. The quantitative estimate of drug-likeness (QED) is 0.650. The van der Waals surface area contributed by atoms with Gasteiger partial charge in [-0.25, -0.2) is 4.39 Å². The summed E-state index contributed by atoms with van der Waals surface area (Å²) >= 11 is 0. The SMILES string of the molecule is CN1CCCC(N)(C2C=CC(F)C=N2)C1. The van der Waals surface area contributed by atoms with Gasteiger partial charge < -0.3 is 10.6 Å². The van der Waals surface area contributed by atoms with Crippen molar-refractivity contribution in [1.82, 2.24) is 4.90 Å². The maximum absolute atomic E-state index is 12.8. The molecule has 84 valence electrons. The van der Waals surface area contributed by atoms with E-state index in [1.54, 1.807) is 6.08 Å². The Balaban J connectivity index is 2.08. The summed E-state index contributed by atoms with van der Waals surface area (Å²) in [5, 5.41) is 0. The Morgan fingerprint density at radius 1 is 1.53 bits per heavy atom. The highest BCUT2D eigenvalue weighted by molar-refractivity contribution is 5.67. The Bertz CT molecular complexity index is 276. The van der Waals surface area contributed by atoms with Crippen LogP contribution < -0.4 is 5.73 Å². The molecule has 0 radical (unpaired) electrons. The molecule has 2 heterocycles. The van der Waals surface area contributed by atoms with Crippen LogP contribution in [0.5, 0.6) is 0 Å². The van der Waals surface area contributed by atoms with Crippen LogP contribution in [0.4, 0.5) is 4.39 Å². The number of alkyl halides is 1. The van der Waals surface area contributed by atoms with E-state index in [-0.39, 0.29) is 11.6 Å². The largest absolute Gasteiger partial charge is 0.322 e. The van der Waals surface area contributed by atoms with Gasteiger partial charge in [0.2, 0.25) is 0 Å². The van der Waals surface area contributed by atoms with Crippen molar-refractivity contribution < 1.29 is 4.39 Å². The molecule has 0 amide bonds.